The summed E-state index contributed by atoms with van der Waals surface area (Å²) in [5.41, 5.74) is 1.97. The molecule has 2 aliphatic rings. The summed E-state index contributed by atoms with van der Waals surface area (Å²) in [4.78, 5) is 9.42. The Bertz CT molecular complexity index is 628. The van der Waals surface area contributed by atoms with E-state index in [0.717, 1.165) is 62.5 Å². The summed E-state index contributed by atoms with van der Waals surface area (Å²) in [6, 6.07) is 4.36. The first-order chi connectivity index (χ1) is 10.9. The predicted molar refractivity (Wildman–Crippen MR) is 83.9 cm³/mol. The van der Waals surface area contributed by atoms with Crippen LogP contribution < -0.4 is 0 Å². The third kappa shape index (κ3) is 2.75. The first-order valence-corrected chi connectivity index (χ1v) is 8.43. The quantitative estimate of drug-likeness (QED) is 0.874. The smallest absolute Gasteiger partial charge is 0.160 e. The molecule has 4 rings (SSSR count). The van der Waals surface area contributed by atoms with E-state index in [1.54, 1.807) is 0 Å². The zero-order valence-corrected chi connectivity index (χ0v) is 12.9. The van der Waals surface area contributed by atoms with E-state index in [-0.39, 0.29) is 0 Å². The van der Waals surface area contributed by atoms with Gasteiger partial charge in [-0.1, -0.05) is 0 Å². The monoisotopic (exact) mass is 301 g/mol. The van der Waals surface area contributed by atoms with Gasteiger partial charge in [-0.2, -0.15) is 0 Å². The van der Waals surface area contributed by atoms with Crippen LogP contribution in [0.3, 0.4) is 0 Å². The van der Waals surface area contributed by atoms with Crippen LogP contribution in [-0.4, -0.2) is 40.5 Å². The van der Waals surface area contributed by atoms with Gasteiger partial charge in [-0.15, -0.1) is 0 Å². The summed E-state index contributed by atoms with van der Waals surface area (Å²) in [6.07, 6.45) is 8.86. The molecule has 22 heavy (non-hydrogen) atoms. The van der Waals surface area contributed by atoms with E-state index < -0.39 is 0 Å². The first kappa shape index (κ1) is 14.2. The van der Waals surface area contributed by atoms with Crippen molar-refractivity contribution in [2.75, 3.05) is 19.8 Å². The molecule has 0 aliphatic carbocycles. The molecule has 118 valence electrons. The number of hydrogen-bond acceptors (Lipinski definition) is 4. The van der Waals surface area contributed by atoms with E-state index in [4.69, 9.17) is 14.5 Å². The van der Waals surface area contributed by atoms with Crippen LogP contribution in [-0.2, 0) is 15.9 Å². The molecule has 0 aromatic carbocycles. The molecule has 2 atom stereocenters. The highest BCUT2D eigenvalue weighted by Gasteiger charge is 2.25. The highest BCUT2D eigenvalue weighted by Crippen LogP contribution is 2.27. The lowest BCUT2D eigenvalue weighted by molar-refractivity contribution is 0.0137. The second kappa shape index (κ2) is 6.34. The number of hydrogen-bond donors (Lipinski definition) is 0. The normalized spacial score (nSPS) is 26.4. The minimum atomic E-state index is 0.300. The minimum Gasteiger partial charge on any atom is -0.379 e. The van der Waals surface area contributed by atoms with Crippen molar-refractivity contribution in [2.45, 2.75) is 50.7 Å². The molecule has 0 bridgehead atoms. The molecule has 2 saturated heterocycles. The van der Waals surface area contributed by atoms with E-state index in [2.05, 4.69) is 9.55 Å². The van der Waals surface area contributed by atoms with Gasteiger partial charge in [0, 0.05) is 25.8 Å². The lowest BCUT2D eigenvalue weighted by Gasteiger charge is -2.27. The van der Waals surface area contributed by atoms with Crippen molar-refractivity contribution in [3.63, 3.8) is 0 Å². The van der Waals surface area contributed by atoms with Crippen molar-refractivity contribution in [3.05, 3.63) is 24.2 Å². The Kier molecular flexibility index (Phi) is 4.08. The molecule has 2 aliphatic heterocycles. The maximum atomic E-state index is 5.92. The Hall–Kier alpha value is -1.46. The molecule has 5 nitrogen and oxygen atoms in total. The van der Waals surface area contributed by atoms with E-state index in [1.165, 1.54) is 12.8 Å². The first-order valence-electron chi connectivity index (χ1n) is 8.43. The molecule has 2 aromatic rings. The number of ether oxygens (including phenoxy) is 2. The lowest BCUT2D eigenvalue weighted by atomic mass is 10.1. The highest BCUT2D eigenvalue weighted by atomic mass is 16.5. The zero-order chi connectivity index (χ0) is 14.8. The van der Waals surface area contributed by atoms with Crippen LogP contribution in [0.25, 0.3) is 11.2 Å². The van der Waals surface area contributed by atoms with Crippen LogP contribution in [0.5, 0.6) is 0 Å². The van der Waals surface area contributed by atoms with Gasteiger partial charge in [0.1, 0.15) is 11.3 Å². The van der Waals surface area contributed by atoms with Crippen molar-refractivity contribution in [1.29, 1.82) is 0 Å². The molecule has 2 aromatic heterocycles. The fourth-order valence-electron chi connectivity index (χ4n) is 3.60. The number of aromatic nitrogens is 3. The molecule has 4 heterocycles. The van der Waals surface area contributed by atoms with Crippen molar-refractivity contribution in [2.24, 2.45) is 0 Å². The molecule has 0 spiro atoms. The summed E-state index contributed by atoms with van der Waals surface area (Å²) < 4.78 is 13.9. The van der Waals surface area contributed by atoms with E-state index in [0.29, 0.717) is 12.1 Å². The van der Waals surface area contributed by atoms with Gasteiger partial charge in [-0.3, -0.25) is 0 Å². The maximum Gasteiger partial charge on any atom is 0.160 e. The fourth-order valence-corrected chi connectivity index (χ4v) is 3.60. The largest absolute Gasteiger partial charge is 0.379 e. The van der Waals surface area contributed by atoms with Crippen molar-refractivity contribution >= 4 is 11.2 Å². The van der Waals surface area contributed by atoms with Crippen LogP contribution in [0.4, 0.5) is 0 Å². The zero-order valence-electron chi connectivity index (χ0n) is 12.9. The average Bonchev–Trinajstić information content (AvgIpc) is 2.94. The molecule has 0 amide bonds. The van der Waals surface area contributed by atoms with Gasteiger partial charge in [-0.05, 0) is 44.2 Å². The summed E-state index contributed by atoms with van der Waals surface area (Å²) in [7, 11) is 0. The summed E-state index contributed by atoms with van der Waals surface area (Å²) in [5.74, 6) is 1.11. The molecule has 5 heteroatoms. The third-order valence-corrected chi connectivity index (χ3v) is 4.71. The lowest BCUT2D eigenvalue weighted by Crippen LogP contribution is -2.27. The Morgan fingerprint density at radius 2 is 2.18 bits per heavy atom. The van der Waals surface area contributed by atoms with Gasteiger partial charge >= 0.3 is 0 Å². The topological polar surface area (TPSA) is 49.2 Å². The fraction of sp³-hybridized carbons (Fsp3) is 0.647. The Balaban J connectivity index is 1.68. The summed E-state index contributed by atoms with van der Waals surface area (Å²) in [5, 5.41) is 0. The number of rotatable bonds is 3. The second-order valence-corrected chi connectivity index (χ2v) is 6.31. The number of pyridine rings is 1. The summed E-state index contributed by atoms with van der Waals surface area (Å²) in [6.45, 7) is 2.52. The van der Waals surface area contributed by atoms with Gasteiger partial charge < -0.3 is 14.0 Å². The Labute approximate surface area is 130 Å². The van der Waals surface area contributed by atoms with Gasteiger partial charge in [0.05, 0.1) is 18.8 Å². The Morgan fingerprint density at radius 3 is 3.00 bits per heavy atom. The van der Waals surface area contributed by atoms with Crippen LogP contribution >= 0.6 is 0 Å². The molecule has 0 saturated carbocycles. The predicted octanol–water partition coefficient (Wildman–Crippen LogP) is 2.89. The molecule has 0 radical (unpaired) electrons. The second-order valence-electron chi connectivity index (χ2n) is 6.31. The molecular formula is C17H23N3O2. The number of imidazole rings is 1. The van der Waals surface area contributed by atoms with Gasteiger partial charge in [-0.25, -0.2) is 9.97 Å². The average molecular weight is 301 g/mol. The maximum absolute atomic E-state index is 5.92. The van der Waals surface area contributed by atoms with Crippen LogP contribution in [0.2, 0.25) is 0 Å². The van der Waals surface area contributed by atoms with Gasteiger partial charge in [0.25, 0.3) is 0 Å². The van der Waals surface area contributed by atoms with Crippen LogP contribution in [0.1, 0.15) is 44.0 Å². The van der Waals surface area contributed by atoms with Crippen molar-refractivity contribution in [1.82, 2.24) is 14.5 Å². The number of nitrogens with zero attached hydrogens (tertiary/aromatic N) is 3. The Morgan fingerprint density at radius 1 is 1.18 bits per heavy atom. The van der Waals surface area contributed by atoms with Crippen LogP contribution in [0.15, 0.2) is 18.3 Å². The molecular weight excluding hydrogens is 278 g/mol. The van der Waals surface area contributed by atoms with Crippen molar-refractivity contribution < 1.29 is 9.47 Å². The minimum absolute atomic E-state index is 0.300. The van der Waals surface area contributed by atoms with Crippen LogP contribution in [0, 0.1) is 0 Å². The van der Waals surface area contributed by atoms with E-state index >= 15 is 0 Å². The molecule has 0 N–H and O–H groups in total. The van der Waals surface area contributed by atoms with E-state index in [1.807, 2.05) is 18.3 Å². The SMILES string of the molecule is c1cnc2c(c1)nc(CC1CCCCO1)n2C1CCCOC1. The molecule has 2 fully saturated rings. The summed E-state index contributed by atoms with van der Waals surface area (Å²) >= 11 is 0. The highest BCUT2D eigenvalue weighted by molar-refractivity contribution is 5.71. The van der Waals surface area contributed by atoms with Crippen molar-refractivity contribution in [3.8, 4) is 0 Å². The van der Waals surface area contributed by atoms with E-state index in [9.17, 15) is 0 Å². The van der Waals surface area contributed by atoms with Gasteiger partial charge in [0.2, 0.25) is 0 Å². The van der Waals surface area contributed by atoms with Gasteiger partial charge in [0.15, 0.2) is 5.65 Å². The standard InChI is InChI=1S/C17H23N3O2/c1-2-10-22-14(6-1)11-16-19-15-7-3-8-18-17(15)20(16)13-5-4-9-21-12-13/h3,7-8,13-14H,1-2,4-6,9-12H2. The molecule has 2 unspecified atom stereocenters. The number of fused-ring (bicyclic) bond motifs is 1. The third-order valence-electron chi connectivity index (χ3n) is 4.71.